The van der Waals surface area contributed by atoms with Crippen LogP contribution in [0, 0.1) is 0 Å². The number of hydrogen-bond donors (Lipinski definition) is 0. The van der Waals surface area contributed by atoms with E-state index in [9.17, 15) is 13.2 Å². The van der Waals surface area contributed by atoms with E-state index < -0.39 is 6.36 Å². The summed E-state index contributed by atoms with van der Waals surface area (Å²) in [6, 6.07) is 5.74. The number of likely N-dealkylation sites (N-methyl/N-ethyl adjacent to an activating group) is 1. The third-order valence-corrected chi connectivity index (χ3v) is 4.60. The summed E-state index contributed by atoms with van der Waals surface area (Å²) < 4.78 is 42.8. The molecule has 0 aliphatic carbocycles. The van der Waals surface area contributed by atoms with E-state index in [1.54, 1.807) is 24.5 Å². The summed E-state index contributed by atoms with van der Waals surface area (Å²) >= 11 is 0. The molecule has 0 saturated carbocycles. The maximum absolute atomic E-state index is 12.3. The first-order valence-electron chi connectivity index (χ1n) is 8.52. The smallest absolute Gasteiger partial charge is 0.406 e. The zero-order valence-electron chi connectivity index (χ0n) is 14.6. The number of nitrogens with zero attached hydrogens (tertiary/aromatic N) is 5. The van der Waals surface area contributed by atoms with Gasteiger partial charge in [0.25, 0.3) is 0 Å². The Labute approximate surface area is 153 Å². The minimum absolute atomic E-state index is 0.254. The predicted octanol–water partition coefficient (Wildman–Crippen LogP) is 3.05. The summed E-state index contributed by atoms with van der Waals surface area (Å²) in [7, 11) is 2.09. The van der Waals surface area contributed by atoms with Gasteiger partial charge in [0.1, 0.15) is 5.75 Å². The molecular weight excluding hydrogens is 359 g/mol. The predicted molar refractivity (Wildman–Crippen MR) is 94.8 cm³/mol. The SMILES string of the molecule is CN1CCN(c2ncc(-c3ccc(OC(F)(F)F)cc3)n3ccnc23)CC1. The fourth-order valence-corrected chi connectivity index (χ4v) is 3.19. The number of piperazine rings is 1. The lowest BCUT2D eigenvalue weighted by atomic mass is 10.1. The number of ether oxygens (including phenoxy) is 1. The molecule has 4 rings (SSSR count). The summed E-state index contributed by atoms with van der Waals surface area (Å²) in [6.07, 6.45) is 0.542. The number of hydrogen-bond acceptors (Lipinski definition) is 5. The first kappa shape index (κ1) is 17.6. The third-order valence-electron chi connectivity index (χ3n) is 4.60. The van der Waals surface area contributed by atoms with Crippen molar-refractivity contribution in [2.24, 2.45) is 0 Å². The van der Waals surface area contributed by atoms with Gasteiger partial charge in [-0.1, -0.05) is 0 Å². The highest BCUT2D eigenvalue weighted by molar-refractivity contribution is 5.71. The van der Waals surface area contributed by atoms with Crippen LogP contribution in [0.5, 0.6) is 5.75 Å². The number of imidazole rings is 1. The van der Waals surface area contributed by atoms with Gasteiger partial charge in [-0.15, -0.1) is 13.2 Å². The second kappa shape index (κ2) is 6.73. The van der Waals surface area contributed by atoms with Crippen molar-refractivity contribution >= 4 is 11.5 Å². The summed E-state index contributed by atoms with van der Waals surface area (Å²) in [5.74, 6) is 0.559. The molecule has 6 nitrogen and oxygen atoms in total. The molecule has 1 aliphatic heterocycles. The lowest BCUT2D eigenvalue weighted by Crippen LogP contribution is -2.45. The van der Waals surface area contributed by atoms with E-state index in [1.165, 1.54) is 12.1 Å². The van der Waals surface area contributed by atoms with Crippen LogP contribution in [0.2, 0.25) is 0 Å². The molecule has 0 bridgehead atoms. The van der Waals surface area contributed by atoms with E-state index in [-0.39, 0.29) is 5.75 Å². The zero-order chi connectivity index (χ0) is 19.0. The summed E-state index contributed by atoms with van der Waals surface area (Å²) in [5, 5.41) is 0. The Kier molecular flexibility index (Phi) is 4.39. The minimum Gasteiger partial charge on any atom is -0.406 e. The van der Waals surface area contributed by atoms with Crippen LogP contribution in [0.4, 0.5) is 19.0 Å². The Morgan fingerprint density at radius 3 is 2.37 bits per heavy atom. The molecule has 1 aliphatic rings. The van der Waals surface area contributed by atoms with Gasteiger partial charge in [-0.3, -0.25) is 4.40 Å². The summed E-state index contributed by atoms with van der Waals surface area (Å²) in [4.78, 5) is 13.5. The Bertz CT molecular complexity index is 930. The molecule has 1 saturated heterocycles. The minimum atomic E-state index is -4.70. The molecule has 1 fully saturated rings. The number of anilines is 1. The van der Waals surface area contributed by atoms with E-state index in [0.717, 1.165) is 48.9 Å². The molecule has 0 radical (unpaired) electrons. The van der Waals surface area contributed by atoms with E-state index in [4.69, 9.17) is 0 Å². The second-order valence-electron chi connectivity index (χ2n) is 6.45. The quantitative estimate of drug-likeness (QED) is 0.702. The zero-order valence-corrected chi connectivity index (χ0v) is 14.6. The van der Waals surface area contributed by atoms with Crippen molar-refractivity contribution in [3.05, 3.63) is 42.9 Å². The highest BCUT2D eigenvalue weighted by Gasteiger charge is 2.31. The number of rotatable bonds is 3. The van der Waals surface area contributed by atoms with Crippen LogP contribution in [0.25, 0.3) is 16.9 Å². The van der Waals surface area contributed by atoms with Crippen molar-refractivity contribution in [1.29, 1.82) is 0 Å². The normalized spacial score (nSPS) is 16.1. The fourth-order valence-electron chi connectivity index (χ4n) is 3.19. The molecule has 3 aromatic rings. The lowest BCUT2D eigenvalue weighted by molar-refractivity contribution is -0.274. The second-order valence-corrected chi connectivity index (χ2v) is 6.45. The van der Waals surface area contributed by atoms with Gasteiger partial charge in [0.05, 0.1) is 11.9 Å². The number of benzene rings is 1. The van der Waals surface area contributed by atoms with Crippen LogP contribution >= 0.6 is 0 Å². The average Bonchev–Trinajstić information content (AvgIpc) is 3.11. The van der Waals surface area contributed by atoms with Gasteiger partial charge in [-0.05, 0) is 31.3 Å². The molecule has 0 atom stereocenters. The van der Waals surface area contributed by atoms with Crippen LogP contribution in [0.3, 0.4) is 0 Å². The van der Waals surface area contributed by atoms with Crippen molar-refractivity contribution in [2.75, 3.05) is 38.1 Å². The topological polar surface area (TPSA) is 45.9 Å². The maximum atomic E-state index is 12.3. The molecule has 3 heterocycles. The van der Waals surface area contributed by atoms with Crippen LogP contribution < -0.4 is 9.64 Å². The first-order valence-corrected chi connectivity index (χ1v) is 8.52. The van der Waals surface area contributed by atoms with Gasteiger partial charge in [-0.25, -0.2) is 9.97 Å². The van der Waals surface area contributed by atoms with Crippen LogP contribution in [-0.4, -0.2) is 58.9 Å². The van der Waals surface area contributed by atoms with Gasteiger partial charge in [-0.2, -0.15) is 0 Å². The lowest BCUT2D eigenvalue weighted by Gasteiger charge is -2.33. The van der Waals surface area contributed by atoms with Crippen LogP contribution in [-0.2, 0) is 0 Å². The van der Waals surface area contributed by atoms with Crippen LogP contribution in [0.1, 0.15) is 0 Å². The Morgan fingerprint density at radius 2 is 1.70 bits per heavy atom. The number of aromatic nitrogens is 3. The molecule has 2 aromatic heterocycles. The maximum Gasteiger partial charge on any atom is 0.573 e. The largest absolute Gasteiger partial charge is 0.573 e. The summed E-state index contributed by atoms with van der Waals surface area (Å²) in [5.41, 5.74) is 2.21. The highest BCUT2D eigenvalue weighted by Crippen LogP contribution is 2.29. The van der Waals surface area contributed by atoms with Gasteiger partial charge < -0.3 is 14.5 Å². The number of halogens is 3. The molecule has 1 aromatic carbocycles. The van der Waals surface area contributed by atoms with Crippen molar-refractivity contribution in [3.8, 4) is 17.0 Å². The van der Waals surface area contributed by atoms with E-state index in [1.807, 2.05) is 10.6 Å². The number of fused-ring (bicyclic) bond motifs is 1. The van der Waals surface area contributed by atoms with Crippen molar-refractivity contribution < 1.29 is 17.9 Å². The van der Waals surface area contributed by atoms with Gasteiger partial charge in [0.2, 0.25) is 0 Å². The van der Waals surface area contributed by atoms with Gasteiger partial charge >= 0.3 is 6.36 Å². The first-order chi connectivity index (χ1) is 12.9. The summed E-state index contributed by atoms with van der Waals surface area (Å²) in [6.45, 7) is 3.65. The molecule has 0 amide bonds. The van der Waals surface area contributed by atoms with E-state index in [2.05, 4.69) is 31.6 Å². The molecule has 142 valence electrons. The Balaban J connectivity index is 1.66. The number of alkyl halides is 3. The van der Waals surface area contributed by atoms with Gasteiger partial charge in [0, 0.05) is 44.1 Å². The van der Waals surface area contributed by atoms with E-state index >= 15 is 0 Å². The Morgan fingerprint density at radius 1 is 1.00 bits per heavy atom. The van der Waals surface area contributed by atoms with Gasteiger partial charge in [0.15, 0.2) is 11.5 Å². The van der Waals surface area contributed by atoms with Crippen LogP contribution in [0.15, 0.2) is 42.9 Å². The van der Waals surface area contributed by atoms with E-state index in [0.29, 0.717) is 0 Å². The monoisotopic (exact) mass is 377 g/mol. The molecular formula is C18H18F3N5O. The molecule has 0 spiro atoms. The fraction of sp³-hybridized carbons (Fsp3) is 0.333. The van der Waals surface area contributed by atoms with Crippen molar-refractivity contribution in [1.82, 2.24) is 19.3 Å². The third kappa shape index (κ3) is 3.68. The van der Waals surface area contributed by atoms with Crippen molar-refractivity contribution in [2.45, 2.75) is 6.36 Å². The average molecular weight is 377 g/mol. The van der Waals surface area contributed by atoms with Crippen molar-refractivity contribution in [3.63, 3.8) is 0 Å². The molecule has 0 N–H and O–H groups in total. The highest BCUT2D eigenvalue weighted by atomic mass is 19.4. The standard InChI is InChI=1S/C18H18F3N5O/c1-24-8-10-25(11-9-24)16-17-22-6-7-26(17)15(12-23-16)13-2-4-14(5-3-13)27-18(19,20)21/h2-7,12H,8-11H2,1H3. The molecule has 0 unspecified atom stereocenters. The molecule has 27 heavy (non-hydrogen) atoms. The molecule has 9 heteroatoms. The Hall–Kier alpha value is -2.81.